The first-order valence-electron chi connectivity index (χ1n) is 30.4. The van der Waals surface area contributed by atoms with Crippen molar-refractivity contribution in [2.45, 2.75) is 0 Å². The zero-order valence-corrected chi connectivity index (χ0v) is 50.2. The van der Waals surface area contributed by atoms with Gasteiger partial charge in [0.25, 0.3) is 0 Å². The van der Waals surface area contributed by atoms with Crippen LogP contribution >= 0.6 is 0 Å². The van der Waals surface area contributed by atoms with E-state index in [1.165, 1.54) is 0 Å². The summed E-state index contributed by atoms with van der Waals surface area (Å²) < 4.78 is 0. The number of hydrogen-bond acceptors (Lipinski definition) is 10. The van der Waals surface area contributed by atoms with E-state index in [0.29, 0.717) is 57.2 Å². The SMILES string of the molecule is N#Cc1cc(C#N)cc(-c2ccc(-c3cc(-c4ccc(-c5nc(-c6ccccc6)nc(-c6ccc(-c7cc8ccccc8cc7-c7cc(C#N)cc(C#N)c7)cc6)n5)cc4)c4ccccc4c3-c3ccc(-c4nc(-c5ccccc5)nc(-c5ccccc5)n4)cc3)cc2)c1. The molecule has 0 radical (unpaired) electrons. The van der Waals surface area contributed by atoms with Gasteiger partial charge < -0.3 is 0 Å². The third-order valence-electron chi connectivity index (χ3n) is 16.9. The lowest BCUT2D eigenvalue weighted by Gasteiger charge is -2.19. The highest BCUT2D eigenvalue weighted by Gasteiger charge is 2.21. The molecule has 0 spiro atoms. The lowest BCUT2D eigenvalue weighted by molar-refractivity contribution is 1.07. The van der Waals surface area contributed by atoms with E-state index in [2.05, 4.69) is 152 Å². The minimum atomic E-state index is 0.418. The summed E-state index contributed by atoms with van der Waals surface area (Å²) in [6, 6.07) is 106. The molecule has 434 valence electrons. The van der Waals surface area contributed by atoms with Crippen LogP contribution in [-0.4, -0.2) is 29.9 Å². The molecule has 0 saturated heterocycles. The van der Waals surface area contributed by atoms with Gasteiger partial charge in [-0.05, 0) is 143 Å². The number of hydrogen-bond donors (Lipinski definition) is 0. The molecular weight excluding hydrogens is 1150 g/mol. The molecule has 2 heterocycles. The maximum atomic E-state index is 9.93. The predicted octanol–water partition coefficient (Wildman–Crippen LogP) is 19.9. The summed E-state index contributed by atoms with van der Waals surface area (Å²) >= 11 is 0. The normalized spacial score (nSPS) is 10.9. The third-order valence-corrected chi connectivity index (χ3v) is 16.9. The van der Waals surface area contributed by atoms with Gasteiger partial charge in [0.2, 0.25) is 0 Å². The summed E-state index contributed by atoms with van der Waals surface area (Å²) in [5.41, 5.74) is 18.0. The van der Waals surface area contributed by atoms with Crippen LogP contribution in [0.25, 0.3) is 157 Å². The fraction of sp³-hybridized carbons (Fsp3) is 0. The highest BCUT2D eigenvalue weighted by molar-refractivity contribution is 6.11. The van der Waals surface area contributed by atoms with E-state index in [1.54, 1.807) is 12.1 Å². The van der Waals surface area contributed by atoms with Crippen LogP contribution in [0.2, 0.25) is 0 Å². The molecule has 15 rings (SSSR count). The van der Waals surface area contributed by atoms with Crippen LogP contribution in [-0.2, 0) is 0 Å². The highest BCUT2D eigenvalue weighted by Crippen LogP contribution is 2.45. The fourth-order valence-electron chi connectivity index (χ4n) is 12.2. The number of fused-ring (bicyclic) bond motifs is 2. The van der Waals surface area contributed by atoms with Crippen molar-refractivity contribution < 1.29 is 0 Å². The quantitative estimate of drug-likeness (QED) is 0.115. The Kier molecular flexibility index (Phi) is 15.0. The Morgan fingerprint density at radius 1 is 0.191 bits per heavy atom. The Balaban J connectivity index is 0.826. The van der Waals surface area contributed by atoms with Gasteiger partial charge in [-0.15, -0.1) is 0 Å². The fourth-order valence-corrected chi connectivity index (χ4v) is 12.2. The molecule has 0 N–H and O–H groups in total. The van der Waals surface area contributed by atoms with Crippen LogP contribution in [0, 0.1) is 45.3 Å². The molecule has 0 saturated carbocycles. The highest BCUT2D eigenvalue weighted by atomic mass is 15.0. The molecule has 15 aromatic rings. The van der Waals surface area contributed by atoms with E-state index >= 15 is 0 Å². The molecular formula is C84H48N10. The zero-order valence-electron chi connectivity index (χ0n) is 50.2. The lowest BCUT2D eigenvalue weighted by atomic mass is 9.85. The van der Waals surface area contributed by atoms with Crippen molar-refractivity contribution in [3.8, 4) is 159 Å². The van der Waals surface area contributed by atoms with Gasteiger partial charge in [-0.3, -0.25) is 0 Å². The summed E-state index contributed by atoms with van der Waals surface area (Å²) in [5, 5.41) is 43.8. The number of benzene rings is 13. The van der Waals surface area contributed by atoms with Crippen LogP contribution in [0.3, 0.4) is 0 Å². The largest absolute Gasteiger partial charge is 0.208 e. The molecule has 0 bridgehead atoms. The second-order valence-electron chi connectivity index (χ2n) is 22.7. The zero-order chi connectivity index (χ0) is 63.5. The standard InChI is InChI=1S/C84H48N10/c85-49-53-40-54(50-86)43-70(42-53)57-24-26-60(27-25-57)77-48-76(72-22-12-13-23-73(72)78(77)61-32-38-67(39-33-61)84-90-79(62-14-4-1-5-15-62)89-80(91-84)63-16-6-2-7-17-63)59-30-36-66(37-31-59)83-93-81(64-18-8-3-9-19-64)92-82(94-83)65-34-28-58(29-35-65)74-46-68-20-10-11-21-69(68)47-75(74)71-44-55(51-87)41-56(45-71)52-88/h1-48H. The van der Waals surface area contributed by atoms with E-state index in [-0.39, 0.29) is 0 Å². The molecule has 0 atom stereocenters. The van der Waals surface area contributed by atoms with Gasteiger partial charge >= 0.3 is 0 Å². The Labute approximate surface area is 542 Å². The second-order valence-corrected chi connectivity index (χ2v) is 22.7. The molecule has 0 aliphatic carbocycles. The molecule has 94 heavy (non-hydrogen) atoms. The summed E-state index contributed by atoms with van der Waals surface area (Å²) in [6.07, 6.45) is 0. The van der Waals surface area contributed by atoms with Crippen molar-refractivity contribution in [1.82, 2.24) is 29.9 Å². The summed E-state index contributed by atoms with van der Waals surface area (Å²) in [5.74, 6) is 3.28. The van der Waals surface area contributed by atoms with Crippen molar-refractivity contribution in [3.05, 3.63) is 313 Å². The van der Waals surface area contributed by atoms with Crippen LogP contribution in [0.1, 0.15) is 22.3 Å². The van der Waals surface area contributed by atoms with Gasteiger partial charge in [0.1, 0.15) is 0 Å². The van der Waals surface area contributed by atoms with Crippen molar-refractivity contribution in [2.24, 2.45) is 0 Å². The molecule has 0 amide bonds. The number of nitrogens with zero attached hydrogens (tertiary/aromatic N) is 10. The van der Waals surface area contributed by atoms with Crippen LogP contribution < -0.4 is 0 Å². The van der Waals surface area contributed by atoms with Crippen molar-refractivity contribution in [2.75, 3.05) is 0 Å². The molecule has 0 aliphatic heterocycles. The van der Waals surface area contributed by atoms with Crippen molar-refractivity contribution >= 4 is 21.5 Å². The van der Waals surface area contributed by atoms with Gasteiger partial charge in [-0.2, -0.15) is 21.0 Å². The first-order chi connectivity index (χ1) is 46.3. The van der Waals surface area contributed by atoms with Crippen LogP contribution in [0.5, 0.6) is 0 Å². The second kappa shape index (κ2) is 24.7. The van der Waals surface area contributed by atoms with Crippen LogP contribution in [0.4, 0.5) is 0 Å². The molecule has 0 fully saturated rings. The lowest BCUT2D eigenvalue weighted by Crippen LogP contribution is -2.00. The molecule has 10 nitrogen and oxygen atoms in total. The van der Waals surface area contributed by atoms with Gasteiger partial charge in [-0.1, -0.05) is 237 Å². The maximum Gasteiger partial charge on any atom is 0.164 e. The first kappa shape index (κ1) is 56.8. The molecule has 0 unspecified atom stereocenters. The van der Waals surface area contributed by atoms with E-state index < -0.39 is 0 Å². The predicted molar refractivity (Wildman–Crippen MR) is 372 cm³/mol. The van der Waals surface area contributed by atoms with Crippen molar-refractivity contribution in [3.63, 3.8) is 0 Å². The van der Waals surface area contributed by atoms with Gasteiger partial charge in [0.05, 0.1) is 46.5 Å². The van der Waals surface area contributed by atoms with E-state index in [9.17, 15) is 21.0 Å². The smallest absolute Gasteiger partial charge is 0.164 e. The third kappa shape index (κ3) is 11.2. The van der Waals surface area contributed by atoms with E-state index in [0.717, 1.165) is 122 Å². The topological polar surface area (TPSA) is 172 Å². The molecule has 2 aromatic heterocycles. The Bertz CT molecular complexity index is 5490. The molecule has 13 aromatic carbocycles. The molecule has 10 heteroatoms. The summed E-state index contributed by atoms with van der Waals surface area (Å²) in [6.45, 7) is 0. The first-order valence-corrected chi connectivity index (χ1v) is 30.4. The Morgan fingerprint density at radius 3 is 0.872 bits per heavy atom. The van der Waals surface area contributed by atoms with E-state index in [1.807, 2.05) is 152 Å². The maximum absolute atomic E-state index is 9.93. The number of aromatic nitrogens is 6. The van der Waals surface area contributed by atoms with Gasteiger partial charge in [-0.25, -0.2) is 29.9 Å². The summed E-state index contributed by atoms with van der Waals surface area (Å²) in [4.78, 5) is 30.4. The van der Waals surface area contributed by atoms with E-state index in [4.69, 9.17) is 29.9 Å². The van der Waals surface area contributed by atoms with Crippen molar-refractivity contribution in [1.29, 1.82) is 21.0 Å². The minimum absolute atomic E-state index is 0.418. The molecule has 0 aliphatic rings. The average Bonchev–Trinajstić information content (AvgIpc) is 0.856. The number of nitriles is 4. The number of rotatable bonds is 12. The average molecular weight is 1200 g/mol. The summed E-state index contributed by atoms with van der Waals surface area (Å²) in [7, 11) is 0. The monoisotopic (exact) mass is 1200 g/mol. The Morgan fingerprint density at radius 2 is 0.479 bits per heavy atom. The van der Waals surface area contributed by atoms with Crippen LogP contribution in [0.15, 0.2) is 291 Å². The minimum Gasteiger partial charge on any atom is -0.208 e. The van der Waals surface area contributed by atoms with Gasteiger partial charge in [0.15, 0.2) is 34.9 Å². The Hall–Kier alpha value is -13.6. The van der Waals surface area contributed by atoms with Gasteiger partial charge in [0, 0.05) is 33.4 Å².